The van der Waals surface area contributed by atoms with Crippen LogP contribution in [0.2, 0.25) is 5.02 Å². The molecule has 3 N–H and O–H groups in total. The summed E-state index contributed by atoms with van der Waals surface area (Å²) in [5.41, 5.74) is 2.53. The number of amidine groups is 1. The molecule has 3 aromatic rings. The number of nitrogens with one attached hydrogen (secondary N) is 2. The second-order valence-corrected chi connectivity index (χ2v) is 8.37. The number of carbonyl (C=O) groups excluding carboxylic acids is 2. The summed E-state index contributed by atoms with van der Waals surface area (Å²) in [5, 5.41) is 16.0. The van der Waals surface area contributed by atoms with Gasteiger partial charge in [-0.05, 0) is 66.2 Å². The zero-order valence-electron chi connectivity index (χ0n) is 16.8. The van der Waals surface area contributed by atoms with Gasteiger partial charge in [0.05, 0.1) is 21.1 Å². The molecule has 9 heteroatoms. The monoisotopic (exact) mass is 466 g/mol. The second kappa shape index (κ2) is 9.95. The third-order valence-corrected chi connectivity index (χ3v) is 5.86. The molecule has 2 heterocycles. The Morgan fingerprint density at radius 3 is 2.97 bits per heavy atom. The number of thioether (sulfide) groups is 1. The average Bonchev–Trinajstić information content (AvgIpc) is 3.13. The smallest absolute Gasteiger partial charge is 0.264 e. The molecule has 1 aliphatic heterocycles. The van der Waals surface area contributed by atoms with E-state index in [2.05, 4.69) is 20.6 Å². The van der Waals surface area contributed by atoms with E-state index in [4.69, 9.17) is 16.7 Å². The van der Waals surface area contributed by atoms with Gasteiger partial charge in [-0.1, -0.05) is 23.7 Å². The van der Waals surface area contributed by atoms with E-state index in [9.17, 15) is 9.59 Å². The fourth-order valence-corrected chi connectivity index (χ4v) is 4.04. The van der Waals surface area contributed by atoms with Gasteiger partial charge in [0.1, 0.15) is 0 Å². The highest BCUT2D eigenvalue weighted by atomic mass is 35.5. The minimum absolute atomic E-state index is 0.00265. The van der Waals surface area contributed by atoms with Crippen molar-refractivity contribution in [3.05, 3.63) is 75.8 Å². The van der Waals surface area contributed by atoms with Crippen LogP contribution in [0.25, 0.3) is 17.0 Å². The first kappa shape index (κ1) is 22.0. The number of amides is 2. The van der Waals surface area contributed by atoms with Crippen LogP contribution in [0.5, 0.6) is 0 Å². The lowest BCUT2D eigenvalue weighted by Crippen LogP contribution is -2.24. The number of pyridine rings is 1. The van der Waals surface area contributed by atoms with E-state index in [0.29, 0.717) is 39.3 Å². The molecule has 2 aromatic carbocycles. The Balaban J connectivity index is 1.54. The molecule has 4 rings (SSSR count). The molecular formula is C23H19ClN4O3S. The van der Waals surface area contributed by atoms with E-state index in [0.717, 1.165) is 16.5 Å². The van der Waals surface area contributed by atoms with E-state index in [1.807, 2.05) is 30.3 Å². The quantitative estimate of drug-likeness (QED) is 0.377. The van der Waals surface area contributed by atoms with Crippen LogP contribution >= 0.6 is 23.4 Å². The van der Waals surface area contributed by atoms with E-state index >= 15 is 0 Å². The number of nitrogens with zero attached hydrogens (tertiary/aromatic N) is 2. The van der Waals surface area contributed by atoms with Crippen molar-refractivity contribution in [2.45, 2.75) is 6.42 Å². The summed E-state index contributed by atoms with van der Waals surface area (Å²) in [5.74, 6) is -0.542. The summed E-state index contributed by atoms with van der Waals surface area (Å²) in [6, 6.07) is 14.4. The van der Waals surface area contributed by atoms with Crippen LogP contribution in [0, 0.1) is 0 Å². The number of benzene rings is 2. The van der Waals surface area contributed by atoms with E-state index in [1.54, 1.807) is 30.5 Å². The minimum Gasteiger partial charge on any atom is -0.396 e. The highest BCUT2D eigenvalue weighted by Gasteiger charge is 2.24. The van der Waals surface area contributed by atoms with Gasteiger partial charge in [-0.15, -0.1) is 0 Å². The van der Waals surface area contributed by atoms with Gasteiger partial charge in [0.25, 0.3) is 11.8 Å². The number of rotatable bonds is 6. The third-order valence-electron chi connectivity index (χ3n) is 4.63. The maximum Gasteiger partial charge on any atom is 0.264 e. The first-order chi connectivity index (χ1) is 15.5. The SMILES string of the molecule is O=C1NC(=Nc2cc(C(=O)NCCCO)ccc2Cl)S/C1=C\c1ccc2ncccc2c1. The van der Waals surface area contributed by atoms with Crippen LogP contribution in [0.1, 0.15) is 22.3 Å². The predicted molar refractivity (Wildman–Crippen MR) is 128 cm³/mol. The van der Waals surface area contributed by atoms with E-state index in [-0.39, 0.29) is 18.4 Å². The first-order valence-electron chi connectivity index (χ1n) is 9.86. The molecule has 1 aromatic heterocycles. The van der Waals surface area contributed by atoms with Crippen molar-refractivity contribution < 1.29 is 14.7 Å². The molecule has 7 nitrogen and oxygen atoms in total. The molecule has 162 valence electrons. The summed E-state index contributed by atoms with van der Waals surface area (Å²) in [6.07, 6.45) is 4.00. The lowest BCUT2D eigenvalue weighted by atomic mass is 10.1. The highest BCUT2D eigenvalue weighted by Crippen LogP contribution is 2.32. The van der Waals surface area contributed by atoms with E-state index in [1.165, 1.54) is 11.8 Å². The average molecular weight is 467 g/mol. The van der Waals surface area contributed by atoms with Crippen molar-refractivity contribution in [2.24, 2.45) is 4.99 Å². The predicted octanol–water partition coefficient (Wildman–Crippen LogP) is 3.89. The zero-order chi connectivity index (χ0) is 22.5. The molecule has 0 radical (unpaired) electrons. The molecule has 0 unspecified atom stereocenters. The third kappa shape index (κ3) is 5.16. The Morgan fingerprint density at radius 2 is 2.12 bits per heavy atom. The second-order valence-electron chi connectivity index (χ2n) is 6.94. The number of carbonyl (C=O) groups is 2. The molecule has 0 bridgehead atoms. The van der Waals surface area contributed by atoms with Gasteiger partial charge in [0, 0.05) is 30.3 Å². The number of aliphatic imine (C=N–C) groups is 1. The number of aliphatic hydroxyl groups is 1. The maximum atomic E-state index is 12.4. The lowest BCUT2D eigenvalue weighted by molar-refractivity contribution is -0.115. The van der Waals surface area contributed by atoms with Crippen molar-refractivity contribution >= 4 is 63.0 Å². The Bertz CT molecular complexity index is 1260. The molecule has 32 heavy (non-hydrogen) atoms. The summed E-state index contributed by atoms with van der Waals surface area (Å²) in [6.45, 7) is 0.370. The Kier molecular flexibility index (Phi) is 6.84. The standard InChI is InChI=1S/C23H19ClN4O3S/c24-17-6-5-16(21(30)26-9-2-10-29)13-19(17)27-23-28-22(31)20(32-23)12-14-4-7-18-15(11-14)3-1-8-25-18/h1,3-8,11-13,29H,2,9-10H2,(H,26,30)(H,27,28,31)/b20-12-. The molecule has 1 saturated heterocycles. The number of aromatic nitrogens is 1. The topological polar surface area (TPSA) is 104 Å². The largest absolute Gasteiger partial charge is 0.396 e. The number of fused-ring (bicyclic) bond motifs is 1. The fraction of sp³-hybridized carbons (Fsp3) is 0.130. The molecule has 2 amide bonds. The Morgan fingerprint density at radius 1 is 1.25 bits per heavy atom. The number of hydrogen-bond donors (Lipinski definition) is 3. The Hall–Kier alpha value is -3.20. The molecule has 1 fully saturated rings. The molecule has 0 aliphatic carbocycles. The van der Waals surface area contributed by atoms with Crippen LogP contribution in [0.4, 0.5) is 5.69 Å². The van der Waals surface area contributed by atoms with Crippen molar-refractivity contribution in [3.63, 3.8) is 0 Å². The van der Waals surface area contributed by atoms with Gasteiger partial charge < -0.3 is 15.7 Å². The normalized spacial score (nSPS) is 16.0. The van der Waals surface area contributed by atoms with Crippen molar-refractivity contribution in [2.75, 3.05) is 13.2 Å². The van der Waals surface area contributed by atoms with Gasteiger partial charge in [-0.2, -0.15) is 0 Å². The zero-order valence-corrected chi connectivity index (χ0v) is 18.4. The van der Waals surface area contributed by atoms with Crippen LogP contribution < -0.4 is 10.6 Å². The van der Waals surface area contributed by atoms with Crippen molar-refractivity contribution in [1.29, 1.82) is 0 Å². The van der Waals surface area contributed by atoms with Crippen LogP contribution in [0.15, 0.2) is 64.6 Å². The fourth-order valence-electron chi connectivity index (χ4n) is 3.05. The number of hydrogen-bond acceptors (Lipinski definition) is 6. The lowest BCUT2D eigenvalue weighted by Gasteiger charge is -2.06. The summed E-state index contributed by atoms with van der Waals surface area (Å²) < 4.78 is 0. The number of halogens is 1. The van der Waals surface area contributed by atoms with Crippen molar-refractivity contribution in [1.82, 2.24) is 15.6 Å². The van der Waals surface area contributed by atoms with Gasteiger partial charge in [0.15, 0.2) is 5.17 Å². The van der Waals surface area contributed by atoms with Crippen LogP contribution in [-0.4, -0.2) is 40.2 Å². The van der Waals surface area contributed by atoms with E-state index < -0.39 is 0 Å². The van der Waals surface area contributed by atoms with Crippen molar-refractivity contribution in [3.8, 4) is 0 Å². The number of aliphatic hydroxyl groups excluding tert-OH is 1. The summed E-state index contributed by atoms with van der Waals surface area (Å²) in [7, 11) is 0. The summed E-state index contributed by atoms with van der Waals surface area (Å²) in [4.78, 5) is 33.9. The highest BCUT2D eigenvalue weighted by molar-refractivity contribution is 8.18. The maximum absolute atomic E-state index is 12.4. The Labute approximate surface area is 193 Å². The molecule has 1 aliphatic rings. The van der Waals surface area contributed by atoms with Gasteiger partial charge >= 0.3 is 0 Å². The minimum atomic E-state index is -0.286. The molecule has 0 atom stereocenters. The van der Waals surface area contributed by atoms with Gasteiger partial charge in [0.2, 0.25) is 0 Å². The molecule has 0 spiro atoms. The molecule has 0 saturated carbocycles. The molecular weight excluding hydrogens is 448 g/mol. The van der Waals surface area contributed by atoms with Crippen LogP contribution in [0.3, 0.4) is 0 Å². The summed E-state index contributed by atoms with van der Waals surface area (Å²) >= 11 is 7.45. The van der Waals surface area contributed by atoms with Crippen LogP contribution in [-0.2, 0) is 4.79 Å². The van der Waals surface area contributed by atoms with Gasteiger partial charge in [-0.3, -0.25) is 14.6 Å². The van der Waals surface area contributed by atoms with Gasteiger partial charge in [-0.25, -0.2) is 4.99 Å². The first-order valence-corrected chi connectivity index (χ1v) is 11.1.